The highest BCUT2D eigenvalue weighted by molar-refractivity contribution is 6.31. The summed E-state index contributed by atoms with van der Waals surface area (Å²) in [6.07, 6.45) is -0.197. The van der Waals surface area contributed by atoms with Crippen molar-refractivity contribution in [1.82, 2.24) is 4.98 Å². The van der Waals surface area contributed by atoms with Crippen LogP contribution in [0.5, 0.6) is 0 Å². The van der Waals surface area contributed by atoms with Crippen molar-refractivity contribution in [2.75, 3.05) is 0 Å². The van der Waals surface area contributed by atoms with Crippen LogP contribution in [0.4, 0.5) is 0 Å². The van der Waals surface area contributed by atoms with Crippen LogP contribution in [-0.2, 0) is 0 Å². The average Bonchev–Trinajstić information content (AvgIpc) is 1.97. The molecule has 0 amide bonds. The minimum absolute atomic E-state index is 0.00833. The monoisotopic (exact) mass is 145 g/mol. The lowest BCUT2D eigenvalue weighted by Crippen LogP contribution is -2.05. The lowest BCUT2D eigenvalue weighted by atomic mass is 10.3. The minimum Gasteiger partial charge on any atom is -0.328 e. The van der Waals surface area contributed by atoms with Gasteiger partial charge in [0.15, 0.2) is 0 Å². The zero-order chi connectivity index (χ0) is 8.59. The minimum atomic E-state index is -0.509. The van der Waals surface area contributed by atoms with E-state index >= 15 is 0 Å². The Morgan fingerprint density at radius 3 is 3.22 bits per heavy atom. The quantitative estimate of drug-likeness (QED) is 0.587. The van der Waals surface area contributed by atoms with E-state index in [-0.39, 0.29) is 17.2 Å². The molecular weight excluding hydrogens is 138 g/mol. The summed E-state index contributed by atoms with van der Waals surface area (Å²) in [4.78, 5) is 13.0. The lowest BCUT2D eigenvalue weighted by molar-refractivity contribution is 1.21. The van der Waals surface area contributed by atoms with E-state index in [0.29, 0.717) is 5.56 Å². The predicted molar refractivity (Wildman–Crippen MR) is 36.8 cm³/mol. The molecule has 48 valence electrons. The molecule has 0 aliphatic carbocycles. The highest BCUT2D eigenvalue weighted by Crippen LogP contribution is 2.05. The number of halogens is 1. The van der Waals surface area contributed by atoms with Gasteiger partial charge in [-0.15, -0.1) is 0 Å². The second-order valence-electron chi connectivity index (χ2n) is 1.64. The van der Waals surface area contributed by atoms with Crippen LogP contribution < -0.4 is 5.56 Å². The fourth-order valence-corrected chi connectivity index (χ4v) is 0.556. The number of hydrogen-bond donors (Lipinski definition) is 1. The Labute approximate surface area is 60.3 Å². The van der Waals surface area contributed by atoms with Gasteiger partial charge in [-0.3, -0.25) is 4.79 Å². The van der Waals surface area contributed by atoms with E-state index in [9.17, 15) is 4.79 Å². The molecule has 0 aliphatic rings. The van der Waals surface area contributed by atoms with Gasteiger partial charge in [0.25, 0.3) is 5.56 Å². The van der Waals surface area contributed by atoms with Gasteiger partial charge < -0.3 is 4.98 Å². The van der Waals surface area contributed by atoms with Crippen molar-refractivity contribution in [3.63, 3.8) is 0 Å². The summed E-state index contributed by atoms with van der Waals surface area (Å²) in [6, 6.07) is -0.0328. The second kappa shape index (κ2) is 2.23. The number of H-pyrrole nitrogens is 1. The molecule has 0 aromatic carbocycles. The highest BCUT2D eigenvalue weighted by atomic mass is 35.5. The highest BCUT2D eigenvalue weighted by Gasteiger charge is 1.95. The van der Waals surface area contributed by atoms with Gasteiger partial charge in [-0.1, -0.05) is 11.6 Å². The first kappa shape index (κ1) is 4.12. The Hall–Kier alpha value is -0.760. The number of hydrogen-bond acceptors (Lipinski definition) is 1. The number of pyridine rings is 1. The Balaban J connectivity index is 3.59. The molecule has 0 atom stereocenters. The number of nitrogens with one attached hydrogen (secondary N) is 1. The summed E-state index contributed by atoms with van der Waals surface area (Å²) in [5, 5.41) is -0.00833. The molecule has 0 bridgehead atoms. The molecule has 1 heterocycles. The number of rotatable bonds is 0. The van der Waals surface area contributed by atoms with Gasteiger partial charge >= 0.3 is 0 Å². The molecule has 1 aromatic rings. The summed E-state index contributed by atoms with van der Waals surface area (Å²) in [5.74, 6) is 0. The number of aromatic amines is 1. The summed E-state index contributed by atoms with van der Waals surface area (Å²) in [6.45, 7) is 1.54. The summed E-state index contributed by atoms with van der Waals surface area (Å²) < 4.78 is 14.3. The molecule has 0 radical (unpaired) electrons. The largest absolute Gasteiger partial charge is 0.328 e. The van der Waals surface area contributed by atoms with Crippen molar-refractivity contribution in [1.29, 1.82) is 0 Å². The molecule has 9 heavy (non-hydrogen) atoms. The van der Waals surface area contributed by atoms with Gasteiger partial charge in [0.1, 0.15) is 5.02 Å². The summed E-state index contributed by atoms with van der Waals surface area (Å²) in [5.41, 5.74) is -0.161. The van der Waals surface area contributed by atoms with Crippen molar-refractivity contribution in [2.24, 2.45) is 0 Å². The van der Waals surface area contributed by atoms with Gasteiger partial charge in [0, 0.05) is 6.17 Å². The Bertz CT molecular complexity index is 347. The summed E-state index contributed by atoms with van der Waals surface area (Å²) in [7, 11) is 0. The first-order valence-corrected chi connectivity index (χ1v) is 2.77. The van der Waals surface area contributed by atoms with E-state index in [1.807, 2.05) is 0 Å². The normalized spacial score (nSPS) is 12.7. The fraction of sp³-hybridized carbons (Fsp3) is 0.167. The maximum atomic E-state index is 10.8. The van der Waals surface area contributed by atoms with Crippen LogP contribution in [-0.4, -0.2) is 4.98 Å². The maximum absolute atomic E-state index is 10.8. The van der Waals surface area contributed by atoms with E-state index in [4.69, 9.17) is 14.3 Å². The molecule has 0 saturated carbocycles. The van der Waals surface area contributed by atoms with Crippen molar-refractivity contribution >= 4 is 11.6 Å². The predicted octanol–water partition coefficient (Wildman–Crippen LogP) is 1.34. The molecule has 3 heteroatoms. The Kier molecular flexibility index (Phi) is 1.02. The van der Waals surface area contributed by atoms with E-state index in [1.54, 1.807) is 0 Å². The second-order valence-corrected chi connectivity index (χ2v) is 2.02. The molecular formula is C6H6ClNO. The topological polar surface area (TPSA) is 32.9 Å². The van der Waals surface area contributed by atoms with Gasteiger partial charge in [-0.2, -0.15) is 0 Å². The van der Waals surface area contributed by atoms with Gasteiger partial charge in [-0.25, -0.2) is 0 Å². The SMILES string of the molecule is [2H]c1[nH]c(=O)c(Cl)c(C)c1[2H]. The van der Waals surface area contributed by atoms with Crippen LogP contribution in [0.15, 0.2) is 17.0 Å². The van der Waals surface area contributed by atoms with Crippen LogP contribution in [0.25, 0.3) is 0 Å². The van der Waals surface area contributed by atoms with E-state index < -0.39 is 5.56 Å². The van der Waals surface area contributed by atoms with Crippen molar-refractivity contribution in [2.45, 2.75) is 6.92 Å². The molecule has 0 spiro atoms. The molecule has 0 aliphatic heterocycles. The standard InChI is InChI=1S/C6H6ClNO/c1-4-2-3-8-6(9)5(4)7/h2-3H,1H3,(H,8,9)/i2D,3D. The average molecular weight is 146 g/mol. The third-order valence-corrected chi connectivity index (χ3v) is 1.41. The van der Waals surface area contributed by atoms with Crippen LogP contribution in [0.1, 0.15) is 8.30 Å². The molecule has 0 fully saturated rings. The first-order valence-electron chi connectivity index (χ1n) is 3.39. The van der Waals surface area contributed by atoms with Gasteiger partial charge in [0.05, 0.1) is 2.74 Å². The fourth-order valence-electron chi connectivity index (χ4n) is 0.462. The maximum Gasteiger partial charge on any atom is 0.266 e. The van der Waals surface area contributed by atoms with Crippen LogP contribution in [0.3, 0.4) is 0 Å². The smallest absolute Gasteiger partial charge is 0.266 e. The molecule has 0 saturated heterocycles. The Morgan fingerprint density at radius 2 is 2.56 bits per heavy atom. The van der Waals surface area contributed by atoms with Crippen molar-refractivity contribution < 1.29 is 2.74 Å². The van der Waals surface area contributed by atoms with Crippen LogP contribution >= 0.6 is 11.6 Å². The van der Waals surface area contributed by atoms with Gasteiger partial charge in [-0.05, 0) is 18.5 Å². The molecule has 1 N–H and O–H groups in total. The molecule has 1 rings (SSSR count). The van der Waals surface area contributed by atoms with Crippen LogP contribution in [0.2, 0.25) is 5.02 Å². The molecule has 0 unspecified atom stereocenters. The Morgan fingerprint density at radius 1 is 1.89 bits per heavy atom. The van der Waals surface area contributed by atoms with Crippen molar-refractivity contribution in [3.05, 3.63) is 33.2 Å². The van der Waals surface area contributed by atoms with Gasteiger partial charge in [0.2, 0.25) is 0 Å². The molecule has 2 nitrogen and oxygen atoms in total. The van der Waals surface area contributed by atoms with E-state index in [2.05, 4.69) is 4.98 Å². The van der Waals surface area contributed by atoms with Crippen molar-refractivity contribution in [3.8, 4) is 0 Å². The number of aromatic nitrogens is 1. The third-order valence-electron chi connectivity index (χ3n) is 0.955. The first-order chi connectivity index (χ1) is 5.04. The van der Waals surface area contributed by atoms with E-state index in [0.717, 1.165) is 0 Å². The zero-order valence-corrected chi connectivity index (χ0v) is 5.54. The summed E-state index contributed by atoms with van der Waals surface area (Å²) >= 11 is 5.51. The van der Waals surface area contributed by atoms with E-state index in [1.165, 1.54) is 6.92 Å². The van der Waals surface area contributed by atoms with Crippen LogP contribution in [0, 0.1) is 6.92 Å². The lowest BCUT2D eigenvalue weighted by Gasteiger charge is -1.90. The third kappa shape index (κ3) is 1.13. The molecule has 1 aromatic heterocycles. The zero-order valence-electron chi connectivity index (χ0n) is 6.79.